The molecule has 5 rings (SSSR count). The van der Waals surface area contributed by atoms with Crippen LogP contribution in [0.3, 0.4) is 0 Å². The summed E-state index contributed by atoms with van der Waals surface area (Å²) in [5.41, 5.74) is 9.19. The summed E-state index contributed by atoms with van der Waals surface area (Å²) in [5, 5.41) is 6.89. The summed E-state index contributed by atoms with van der Waals surface area (Å²) in [5.74, 6) is 1.73. The number of aromatic nitrogens is 5. The minimum atomic E-state index is 0.750. The van der Waals surface area contributed by atoms with Crippen molar-refractivity contribution in [3.8, 4) is 33.9 Å². The van der Waals surface area contributed by atoms with Crippen molar-refractivity contribution in [2.45, 2.75) is 27.3 Å². The maximum Gasteiger partial charge on any atom is 0.155 e. The fourth-order valence-electron chi connectivity index (χ4n) is 4.18. The maximum absolute atomic E-state index is 5.06. The van der Waals surface area contributed by atoms with E-state index in [1.165, 1.54) is 28.6 Å². The van der Waals surface area contributed by atoms with Crippen LogP contribution < -0.4 is 0 Å². The van der Waals surface area contributed by atoms with Gasteiger partial charge in [-0.15, -0.1) is 0 Å². The van der Waals surface area contributed by atoms with Gasteiger partial charge in [-0.25, -0.2) is 9.97 Å². The average molecular weight is 393 g/mol. The fraction of sp³-hybridized carbons (Fsp3) is 0.160. The van der Waals surface area contributed by atoms with E-state index < -0.39 is 0 Å². The lowest BCUT2D eigenvalue weighted by Gasteiger charge is -2.14. The number of imidazole rings is 1. The molecule has 0 radical (unpaired) electrons. The standard InChI is InChI=1S/C25H23N5/c1-4-30-23-12-10-18(24-26-15-27-29-24)14-22(23)28-25(30)21-8-6-5-7-20(21)19-11-9-16(2)13-17(19)3/h5-15H,4H2,1-3H3,(H,26,27,29). The largest absolute Gasteiger partial charge is 0.324 e. The molecule has 2 heterocycles. The van der Waals surface area contributed by atoms with Crippen LogP contribution in [0.25, 0.3) is 44.9 Å². The first-order valence-electron chi connectivity index (χ1n) is 10.2. The van der Waals surface area contributed by atoms with Gasteiger partial charge >= 0.3 is 0 Å². The minimum absolute atomic E-state index is 0.750. The van der Waals surface area contributed by atoms with Crippen LogP contribution in [-0.4, -0.2) is 24.7 Å². The van der Waals surface area contributed by atoms with Crippen molar-refractivity contribution in [2.75, 3.05) is 0 Å². The molecule has 3 aromatic carbocycles. The van der Waals surface area contributed by atoms with Crippen LogP contribution in [0.15, 0.2) is 67.0 Å². The predicted octanol–water partition coefficient (Wildman–Crippen LogP) is 5.79. The SMILES string of the molecule is CCn1c(-c2ccccc2-c2ccc(C)cc2C)nc2cc(-c3ncn[nH]3)ccc21. The molecular formula is C25H23N5. The first-order valence-corrected chi connectivity index (χ1v) is 10.2. The number of aryl methyl sites for hydroxylation is 3. The Morgan fingerprint density at radius 3 is 2.47 bits per heavy atom. The summed E-state index contributed by atoms with van der Waals surface area (Å²) in [6.07, 6.45) is 1.52. The van der Waals surface area contributed by atoms with E-state index >= 15 is 0 Å². The summed E-state index contributed by atoms with van der Waals surface area (Å²) in [6.45, 7) is 7.31. The van der Waals surface area contributed by atoms with Gasteiger partial charge in [0, 0.05) is 17.7 Å². The monoisotopic (exact) mass is 393 g/mol. The molecule has 0 atom stereocenters. The second-order valence-electron chi connectivity index (χ2n) is 7.58. The second-order valence-corrected chi connectivity index (χ2v) is 7.58. The molecule has 0 aliphatic rings. The predicted molar refractivity (Wildman–Crippen MR) is 121 cm³/mol. The van der Waals surface area contributed by atoms with Gasteiger partial charge in [0.1, 0.15) is 12.2 Å². The first kappa shape index (κ1) is 18.3. The number of H-pyrrole nitrogens is 1. The third-order valence-corrected chi connectivity index (χ3v) is 5.59. The van der Waals surface area contributed by atoms with Crippen molar-refractivity contribution in [2.24, 2.45) is 0 Å². The van der Waals surface area contributed by atoms with Crippen molar-refractivity contribution in [3.05, 3.63) is 78.1 Å². The molecule has 148 valence electrons. The van der Waals surface area contributed by atoms with Gasteiger partial charge in [0.25, 0.3) is 0 Å². The van der Waals surface area contributed by atoms with Gasteiger partial charge in [-0.1, -0.05) is 48.0 Å². The number of nitrogens with one attached hydrogen (secondary N) is 1. The molecule has 5 aromatic rings. The van der Waals surface area contributed by atoms with E-state index in [9.17, 15) is 0 Å². The van der Waals surface area contributed by atoms with Gasteiger partial charge in [0.15, 0.2) is 5.82 Å². The van der Waals surface area contributed by atoms with Crippen LogP contribution in [0.4, 0.5) is 0 Å². The van der Waals surface area contributed by atoms with Crippen LogP contribution in [0.2, 0.25) is 0 Å². The van der Waals surface area contributed by atoms with Crippen molar-refractivity contribution in [3.63, 3.8) is 0 Å². The van der Waals surface area contributed by atoms with Crippen LogP contribution in [-0.2, 0) is 6.54 Å². The lowest BCUT2D eigenvalue weighted by atomic mass is 9.94. The molecule has 0 saturated heterocycles. The van der Waals surface area contributed by atoms with Crippen LogP contribution in [0.5, 0.6) is 0 Å². The van der Waals surface area contributed by atoms with E-state index in [1.54, 1.807) is 0 Å². The third kappa shape index (κ3) is 2.99. The lowest BCUT2D eigenvalue weighted by molar-refractivity contribution is 0.796. The molecule has 0 unspecified atom stereocenters. The molecule has 0 amide bonds. The number of rotatable bonds is 4. The molecule has 1 N–H and O–H groups in total. The fourth-order valence-corrected chi connectivity index (χ4v) is 4.18. The molecule has 2 aromatic heterocycles. The normalized spacial score (nSPS) is 11.3. The summed E-state index contributed by atoms with van der Waals surface area (Å²) < 4.78 is 2.28. The molecule has 0 spiro atoms. The van der Waals surface area contributed by atoms with Gasteiger partial charge in [-0.3, -0.25) is 5.10 Å². The Labute approximate surface area is 175 Å². The number of hydrogen-bond donors (Lipinski definition) is 1. The summed E-state index contributed by atoms with van der Waals surface area (Å²) in [4.78, 5) is 9.33. The van der Waals surface area contributed by atoms with E-state index in [1.807, 2.05) is 0 Å². The number of benzene rings is 3. The number of hydrogen-bond acceptors (Lipinski definition) is 3. The van der Waals surface area contributed by atoms with E-state index in [2.05, 4.69) is 101 Å². The molecular weight excluding hydrogens is 370 g/mol. The van der Waals surface area contributed by atoms with Crippen LogP contribution in [0.1, 0.15) is 18.1 Å². The highest BCUT2D eigenvalue weighted by Gasteiger charge is 2.17. The van der Waals surface area contributed by atoms with E-state index in [0.717, 1.165) is 40.4 Å². The Balaban J connectivity index is 1.72. The number of nitrogens with zero attached hydrogens (tertiary/aromatic N) is 4. The number of aromatic amines is 1. The molecule has 0 aliphatic carbocycles. The van der Waals surface area contributed by atoms with E-state index in [0.29, 0.717) is 0 Å². The zero-order chi connectivity index (χ0) is 20.7. The second kappa shape index (κ2) is 7.26. The van der Waals surface area contributed by atoms with Crippen LogP contribution >= 0.6 is 0 Å². The smallest absolute Gasteiger partial charge is 0.155 e. The van der Waals surface area contributed by atoms with E-state index in [4.69, 9.17) is 4.98 Å². The van der Waals surface area contributed by atoms with Crippen molar-refractivity contribution < 1.29 is 0 Å². The van der Waals surface area contributed by atoms with Gasteiger partial charge in [-0.2, -0.15) is 5.10 Å². The maximum atomic E-state index is 5.06. The molecule has 5 heteroatoms. The third-order valence-electron chi connectivity index (χ3n) is 5.59. The Kier molecular flexibility index (Phi) is 4.43. The van der Waals surface area contributed by atoms with Crippen molar-refractivity contribution in [1.29, 1.82) is 0 Å². The summed E-state index contributed by atoms with van der Waals surface area (Å²) >= 11 is 0. The highest BCUT2D eigenvalue weighted by atomic mass is 15.2. The summed E-state index contributed by atoms with van der Waals surface area (Å²) in [7, 11) is 0. The first-order chi connectivity index (χ1) is 14.7. The minimum Gasteiger partial charge on any atom is -0.324 e. The quantitative estimate of drug-likeness (QED) is 0.420. The van der Waals surface area contributed by atoms with Crippen molar-refractivity contribution in [1.82, 2.24) is 24.7 Å². The topological polar surface area (TPSA) is 59.4 Å². The highest BCUT2D eigenvalue weighted by Crippen LogP contribution is 2.35. The molecule has 0 fully saturated rings. The molecule has 5 nitrogen and oxygen atoms in total. The van der Waals surface area contributed by atoms with Gasteiger partial charge < -0.3 is 4.57 Å². The molecule has 0 saturated carbocycles. The zero-order valence-electron chi connectivity index (χ0n) is 17.3. The summed E-state index contributed by atoms with van der Waals surface area (Å²) in [6, 6.07) is 21.4. The van der Waals surface area contributed by atoms with Gasteiger partial charge in [0.05, 0.1) is 11.0 Å². The molecule has 30 heavy (non-hydrogen) atoms. The number of fused-ring (bicyclic) bond motifs is 1. The Hall–Kier alpha value is -3.73. The Morgan fingerprint density at radius 1 is 0.900 bits per heavy atom. The Bertz CT molecular complexity index is 1350. The lowest BCUT2D eigenvalue weighted by Crippen LogP contribution is -1.99. The van der Waals surface area contributed by atoms with Gasteiger partial charge in [0.2, 0.25) is 0 Å². The van der Waals surface area contributed by atoms with E-state index in [-0.39, 0.29) is 0 Å². The Morgan fingerprint density at radius 2 is 1.73 bits per heavy atom. The van der Waals surface area contributed by atoms with Crippen molar-refractivity contribution >= 4 is 11.0 Å². The molecule has 0 bridgehead atoms. The van der Waals surface area contributed by atoms with Gasteiger partial charge in [-0.05, 0) is 55.7 Å². The zero-order valence-corrected chi connectivity index (χ0v) is 17.3. The highest BCUT2D eigenvalue weighted by molar-refractivity contribution is 5.89. The average Bonchev–Trinajstić information content (AvgIpc) is 3.41. The molecule has 0 aliphatic heterocycles. The van der Waals surface area contributed by atoms with Crippen LogP contribution in [0, 0.1) is 13.8 Å².